The average molecular weight is 528 g/mol. The van der Waals surface area contributed by atoms with Gasteiger partial charge < -0.3 is 20.5 Å². The van der Waals surface area contributed by atoms with E-state index in [9.17, 15) is 18.8 Å². The largest absolute Gasteiger partial charge is 0.454 e. The van der Waals surface area contributed by atoms with Gasteiger partial charge in [0.15, 0.2) is 17.4 Å². The molecular formula is C26H23F3N4O5. The first-order chi connectivity index (χ1) is 18.1. The van der Waals surface area contributed by atoms with Crippen molar-refractivity contribution in [2.24, 2.45) is 11.1 Å². The molecule has 0 aliphatic heterocycles. The molecule has 1 atom stereocenters. The zero-order valence-electron chi connectivity index (χ0n) is 20.3. The van der Waals surface area contributed by atoms with E-state index in [-0.39, 0.29) is 30.1 Å². The van der Waals surface area contributed by atoms with Gasteiger partial charge in [-0.15, -0.1) is 0 Å². The highest BCUT2D eigenvalue weighted by Crippen LogP contribution is 2.49. The Kier molecular flexibility index (Phi) is 7.35. The van der Waals surface area contributed by atoms with Crippen LogP contribution in [-0.2, 0) is 19.1 Å². The molecule has 9 nitrogen and oxygen atoms in total. The predicted octanol–water partition coefficient (Wildman–Crippen LogP) is 4.19. The molecule has 0 unspecified atom stereocenters. The van der Waals surface area contributed by atoms with Gasteiger partial charge in [0.1, 0.15) is 28.9 Å². The van der Waals surface area contributed by atoms with Crippen molar-refractivity contribution < 1.29 is 37.0 Å². The first-order valence-corrected chi connectivity index (χ1v) is 11.4. The van der Waals surface area contributed by atoms with Crippen molar-refractivity contribution in [3.8, 4) is 11.5 Å². The lowest BCUT2D eigenvalue weighted by Gasteiger charge is -2.27. The Morgan fingerprint density at radius 2 is 1.74 bits per heavy atom. The summed E-state index contributed by atoms with van der Waals surface area (Å²) in [6.07, 6.45) is 0.831. The number of ether oxygens (including phenoxy) is 2. The normalized spacial score (nSPS) is 14.3. The van der Waals surface area contributed by atoms with Crippen LogP contribution in [0.3, 0.4) is 0 Å². The molecule has 2 aromatic carbocycles. The Bertz CT molecular complexity index is 1400. The van der Waals surface area contributed by atoms with Gasteiger partial charge in [0, 0.05) is 37.2 Å². The lowest BCUT2D eigenvalue weighted by atomic mass is 10.0. The molecule has 12 heteroatoms. The van der Waals surface area contributed by atoms with Crippen LogP contribution < -0.4 is 20.7 Å². The van der Waals surface area contributed by atoms with Crippen molar-refractivity contribution >= 4 is 34.9 Å². The van der Waals surface area contributed by atoms with E-state index in [0.717, 1.165) is 29.2 Å². The SMILES string of the molecule is CO[C@H](C)C(=O)Nc1cc(Oc2cc(F)c(N(C(=O)C3(C(N)=O)CC3)c3ccc(F)cc3)cc2F)ccn1. The van der Waals surface area contributed by atoms with Crippen molar-refractivity contribution in [2.75, 3.05) is 17.3 Å². The minimum Gasteiger partial charge on any atom is -0.454 e. The molecule has 1 aromatic heterocycles. The lowest BCUT2D eigenvalue weighted by molar-refractivity contribution is -0.133. The van der Waals surface area contributed by atoms with E-state index in [0.29, 0.717) is 0 Å². The number of hydrogen-bond donors (Lipinski definition) is 2. The number of hydrogen-bond acceptors (Lipinski definition) is 6. The zero-order chi connectivity index (χ0) is 27.6. The van der Waals surface area contributed by atoms with Gasteiger partial charge in [0.2, 0.25) is 11.8 Å². The second kappa shape index (κ2) is 10.5. The van der Waals surface area contributed by atoms with E-state index in [2.05, 4.69) is 10.3 Å². The summed E-state index contributed by atoms with van der Waals surface area (Å²) in [5.74, 6) is -5.35. The number of nitrogens with one attached hydrogen (secondary N) is 1. The maximum atomic E-state index is 15.4. The molecule has 0 bridgehead atoms. The first-order valence-electron chi connectivity index (χ1n) is 11.4. The van der Waals surface area contributed by atoms with E-state index in [4.69, 9.17) is 15.2 Å². The molecule has 1 fully saturated rings. The summed E-state index contributed by atoms with van der Waals surface area (Å²) in [7, 11) is 1.36. The van der Waals surface area contributed by atoms with Gasteiger partial charge in [0.25, 0.3) is 5.91 Å². The standard InChI is InChI=1S/C26H23F3N4O5/c1-14(37-2)23(34)32-22-11-17(7-10-31-22)38-21-13-18(28)20(12-19(21)29)33(16-5-3-15(27)4-6-16)25(36)26(8-9-26)24(30)35/h3-7,10-14H,8-9H2,1-2H3,(H2,30,35)(H,31,32,34)/t14-/m1/s1. The lowest BCUT2D eigenvalue weighted by Crippen LogP contribution is -2.41. The molecule has 38 heavy (non-hydrogen) atoms. The summed E-state index contributed by atoms with van der Waals surface area (Å²) in [6.45, 7) is 1.53. The predicted molar refractivity (Wildman–Crippen MR) is 130 cm³/mol. The van der Waals surface area contributed by atoms with Gasteiger partial charge in [-0.2, -0.15) is 0 Å². The van der Waals surface area contributed by atoms with Crippen LogP contribution in [0.5, 0.6) is 11.5 Å². The molecule has 4 rings (SSSR count). The van der Waals surface area contributed by atoms with Crippen molar-refractivity contribution in [1.29, 1.82) is 0 Å². The van der Waals surface area contributed by atoms with E-state index in [1.54, 1.807) is 0 Å². The molecule has 0 spiro atoms. The van der Waals surface area contributed by atoms with Crippen LogP contribution in [0.4, 0.5) is 30.4 Å². The molecule has 1 saturated carbocycles. The Morgan fingerprint density at radius 1 is 1.05 bits per heavy atom. The van der Waals surface area contributed by atoms with Crippen molar-refractivity contribution in [3.63, 3.8) is 0 Å². The Hall–Kier alpha value is -4.45. The molecular weight excluding hydrogens is 505 g/mol. The van der Waals surface area contributed by atoms with E-state index in [1.807, 2.05) is 0 Å². The molecule has 0 radical (unpaired) electrons. The second-order valence-corrected chi connectivity index (χ2v) is 8.64. The van der Waals surface area contributed by atoms with Gasteiger partial charge in [0.05, 0.1) is 5.69 Å². The molecule has 1 aliphatic carbocycles. The minimum absolute atomic E-state index is 0.00991. The third-order valence-corrected chi connectivity index (χ3v) is 6.09. The number of benzene rings is 2. The number of anilines is 3. The summed E-state index contributed by atoms with van der Waals surface area (Å²) < 4.78 is 54.5. The Morgan fingerprint density at radius 3 is 2.34 bits per heavy atom. The summed E-state index contributed by atoms with van der Waals surface area (Å²) >= 11 is 0. The van der Waals surface area contributed by atoms with Crippen LogP contribution in [0.15, 0.2) is 54.7 Å². The fraction of sp³-hybridized carbons (Fsp3) is 0.231. The van der Waals surface area contributed by atoms with E-state index in [1.165, 1.54) is 44.5 Å². The van der Waals surface area contributed by atoms with Gasteiger partial charge in [-0.25, -0.2) is 18.2 Å². The average Bonchev–Trinajstić information content (AvgIpc) is 3.70. The number of amides is 3. The fourth-order valence-electron chi connectivity index (χ4n) is 3.63. The molecule has 0 saturated heterocycles. The second-order valence-electron chi connectivity index (χ2n) is 8.64. The number of halogens is 3. The van der Waals surface area contributed by atoms with Crippen molar-refractivity contribution in [3.05, 3.63) is 72.2 Å². The number of primary amides is 1. The van der Waals surface area contributed by atoms with Gasteiger partial charge >= 0.3 is 0 Å². The van der Waals surface area contributed by atoms with Gasteiger partial charge in [-0.1, -0.05) is 0 Å². The van der Waals surface area contributed by atoms with E-state index < -0.39 is 58.1 Å². The Labute approximate surface area is 215 Å². The summed E-state index contributed by atoms with van der Waals surface area (Å²) in [6, 6.07) is 8.59. The summed E-state index contributed by atoms with van der Waals surface area (Å²) in [4.78, 5) is 42.1. The molecule has 1 heterocycles. The number of nitrogens with two attached hydrogens (primary N) is 1. The van der Waals surface area contributed by atoms with Crippen LogP contribution in [0.25, 0.3) is 0 Å². The molecule has 3 aromatic rings. The van der Waals surface area contributed by atoms with Gasteiger partial charge in [-0.05, 0) is 50.1 Å². The Balaban J connectivity index is 1.66. The number of pyridine rings is 1. The van der Waals surface area contributed by atoms with Crippen molar-refractivity contribution in [2.45, 2.75) is 25.9 Å². The smallest absolute Gasteiger partial charge is 0.254 e. The number of methoxy groups -OCH3 is 1. The molecule has 3 amide bonds. The number of carbonyl (C=O) groups excluding carboxylic acids is 3. The number of carbonyl (C=O) groups is 3. The third kappa shape index (κ3) is 5.30. The van der Waals surface area contributed by atoms with Crippen LogP contribution in [0, 0.1) is 22.9 Å². The topological polar surface area (TPSA) is 124 Å². The highest BCUT2D eigenvalue weighted by Gasteiger charge is 2.57. The summed E-state index contributed by atoms with van der Waals surface area (Å²) in [5, 5.41) is 2.50. The van der Waals surface area contributed by atoms with Crippen LogP contribution >= 0.6 is 0 Å². The van der Waals surface area contributed by atoms with Crippen molar-refractivity contribution in [1.82, 2.24) is 4.98 Å². The maximum Gasteiger partial charge on any atom is 0.254 e. The highest BCUT2D eigenvalue weighted by atomic mass is 19.1. The fourth-order valence-corrected chi connectivity index (χ4v) is 3.63. The van der Waals surface area contributed by atoms with Crippen LogP contribution in [-0.4, -0.2) is 35.9 Å². The monoisotopic (exact) mass is 528 g/mol. The molecule has 1 aliphatic rings. The minimum atomic E-state index is -1.56. The molecule has 3 N–H and O–H groups in total. The van der Waals surface area contributed by atoms with E-state index >= 15 is 8.78 Å². The van der Waals surface area contributed by atoms with Gasteiger partial charge in [-0.3, -0.25) is 19.3 Å². The first kappa shape index (κ1) is 26.6. The number of rotatable bonds is 9. The number of aromatic nitrogens is 1. The summed E-state index contributed by atoms with van der Waals surface area (Å²) in [5.41, 5.74) is 3.35. The highest BCUT2D eigenvalue weighted by molar-refractivity contribution is 6.16. The third-order valence-electron chi connectivity index (χ3n) is 6.09. The quantitative estimate of drug-likeness (QED) is 0.402. The number of nitrogens with zero attached hydrogens (tertiary/aromatic N) is 2. The molecule has 198 valence electrons. The maximum absolute atomic E-state index is 15.4. The van der Waals surface area contributed by atoms with Crippen LogP contribution in [0.2, 0.25) is 0 Å². The zero-order valence-corrected chi connectivity index (χ0v) is 20.3. The van der Waals surface area contributed by atoms with Crippen LogP contribution in [0.1, 0.15) is 19.8 Å².